The van der Waals surface area contributed by atoms with Crippen LogP contribution in [0.1, 0.15) is 67.3 Å². The summed E-state index contributed by atoms with van der Waals surface area (Å²) in [7, 11) is 0. The van der Waals surface area contributed by atoms with Crippen molar-refractivity contribution in [3.63, 3.8) is 0 Å². The number of benzene rings is 2. The minimum absolute atomic E-state index is 0. The number of hydrogen-bond acceptors (Lipinski definition) is 3. The van der Waals surface area contributed by atoms with Gasteiger partial charge in [-0.15, -0.1) is 16.9 Å². The van der Waals surface area contributed by atoms with E-state index in [2.05, 4.69) is 20.8 Å². The summed E-state index contributed by atoms with van der Waals surface area (Å²) in [6.45, 7) is 9.81. The highest BCUT2D eigenvalue weighted by molar-refractivity contribution is 6.35. The Kier molecular flexibility index (Phi) is 9.22. The van der Waals surface area contributed by atoms with Crippen LogP contribution in [0.5, 0.6) is 0 Å². The predicted molar refractivity (Wildman–Crippen MR) is 127 cm³/mol. The Morgan fingerprint density at radius 1 is 0.900 bits per heavy atom. The van der Waals surface area contributed by atoms with Gasteiger partial charge in [0.15, 0.2) is 5.78 Å². The summed E-state index contributed by atoms with van der Waals surface area (Å²) >= 11 is 18.6. The molecule has 0 aliphatic heterocycles. The van der Waals surface area contributed by atoms with E-state index in [-0.39, 0.29) is 40.6 Å². The number of amides is 1. The fourth-order valence-electron chi connectivity index (χ4n) is 2.77. The molecule has 0 aromatic heterocycles. The largest absolute Gasteiger partial charge is 0.294 e. The third-order valence-electron chi connectivity index (χ3n) is 4.59. The van der Waals surface area contributed by atoms with Gasteiger partial charge in [-0.2, -0.15) is 4.53 Å². The monoisotopic (exact) mass is 490 g/mol. The van der Waals surface area contributed by atoms with E-state index >= 15 is 0 Å². The van der Waals surface area contributed by atoms with Crippen LogP contribution in [0.15, 0.2) is 48.5 Å². The molecule has 0 bridgehead atoms. The Labute approximate surface area is 199 Å². The minimum Gasteiger partial charge on any atom is -0.294 e. The highest BCUT2D eigenvalue weighted by atomic mass is 35.5. The molecule has 164 valence electrons. The van der Waals surface area contributed by atoms with Crippen LogP contribution < -0.4 is 0 Å². The molecule has 1 amide bonds. The summed E-state index contributed by atoms with van der Waals surface area (Å²) in [5, 5.41) is 0.265. The second kappa shape index (κ2) is 10.3. The van der Waals surface area contributed by atoms with E-state index in [1.54, 1.807) is 38.1 Å². The molecule has 0 heterocycles. The Hall–Kier alpha value is -1.30. The van der Waals surface area contributed by atoms with Crippen LogP contribution in [0.4, 0.5) is 0 Å². The molecule has 4 nitrogen and oxygen atoms in total. The number of ketones is 1. The van der Waals surface area contributed by atoms with Crippen LogP contribution in [-0.2, 0) is 5.41 Å². The van der Waals surface area contributed by atoms with Gasteiger partial charge in [0, 0.05) is 35.5 Å². The number of rotatable bonds is 6. The lowest BCUT2D eigenvalue weighted by Crippen LogP contribution is -2.48. The molecule has 2 aromatic rings. The van der Waals surface area contributed by atoms with Crippen molar-refractivity contribution in [2.45, 2.75) is 52.0 Å². The molecule has 0 aliphatic rings. The maximum absolute atomic E-state index is 12.8. The molecule has 0 atom stereocenters. The zero-order valence-corrected chi connectivity index (χ0v) is 20.7. The molecule has 0 spiro atoms. The van der Waals surface area contributed by atoms with E-state index in [0.29, 0.717) is 5.56 Å². The van der Waals surface area contributed by atoms with Gasteiger partial charge in [0.1, 0.15) is 0 Å². The molecule has 0 unspecified atom stereocenters. The molecule has 0 radical (unpaired) electrons. The van der Waals surface area contributed by atoms with Crippen LogP contribution in [0.25, 0.3) is 0 Å². The molecule has 8 heteroatoms. The third kappa shape index (κ3) is 6.35. The quantitative estimate of drug-likeness (QED) is 0.246. The summed E-state index contributed by atoms with van der Waals surface area (Å²) < 4.78 is 1.78. The fraction of sp³-hybridized carbons (Fsp3) is 0.364. The molecule has 0 aliphatic carbocycles. The highest BCUT2D eigenvalue weighted by Crippen LogP contribution is 2.30. The summed E-state index contributed by atoms with van der Waals surface area (Å²) in [5.74, 6) is -0.682. The van der Waals surface area contributed by atoms with Crippen molar-refractivity contribution in [3.8, 4) is 0 Å². The van der Waals surface area contributed by atoms with Crippen molar-refractivity contribution < 1.29 is 9.59 Å². The van der Waals surface area contributed by atoms with E-state index in [9.17, 15) is 9.59 Å². The fourth-order valence-corrected chi connectivity index (χ4v) is 3.41. The predicted octanol–water partition coefficient (Wildman–Crippen LogP) is 7.08. The lowest BCUT2D eigenvalue weighted by molar-refractivity contribution is 0.0374. The zero-order chi connectivity index (χ0) is 22.0. The topological polar surface area (TPSA) is 40.6 Å². The molecular formula is C22H26Cl4N2O2. The normalized spacial score (nSPS) is 11.8. The summed E-state index contributed by atoms with van der Waals surface area (Å²) in [4.78, 5) is 25.4. The van der Waals surface area contributed by atoms with Gasteiger partial charge in [0.25, 0.3) is 5.91 Å². The van der Waals surface area contributed by atoms with Crippen molar-refractivity contribution in [1.82, 2.24) is 9.06 Å². The first kappa shape index (κ1) is 26.7. The minimum atomic E-state index is -0.931. The van der Waals surface area contributed by atoms with Crippen molar-refractivity contribution in [2.24, 2.45) is 0 Å². The van der Waals surface area contributed by atoms with Crippen molar-refractivity contribution in [1.29, 1.82) is 0 Å². The van der Waals surface area contributed by atoms with E-state index in [0.717, 1.165) is 14.6 Å². The summed E-state index contributed by atoms with van der Waals surface area (Å²) in [6.07, 6.45) is 0.0599. The van der Waals surface area contributed by atoms with E-state index in [4.69, 9.17) is 35.2 Å². The lowest BCUT2D eigenvalue weighted by Gasteiger charge is -2.36. The molecule has 30 heavy (non-hydrogen) atoms. The van der Waals surface area contributed by atoms with Gasteiger partial charge in [-0.3, -0.25) is 9.59 Å². The zero-order valence-electron chi connectivity index (χ0n) is 17.6. The van der Waals surface area contributed by atoms with Gasteiger partial charge >= 0.3 is 0 Å². The van der Waals surface area contributed by atoms with Gasteiger partial charge < -0.3 is 0 Å². The molecule has 0 fully saturated rings. The average Bonchev–Trinajstić information content (AvgIpc) is 2.65. The first-order valence-corrected chi connectivity index (χ1v) is 10.2. The number of hydrazine groups is 1. The number of carbonyl (C=O) groups is 2. The number of Topliss-reactive ketones (excluding diaryl/α,β-unsaturated/α-hetero) is 1. The molecule has 2 rings (SSSR count). The Morgan fingerprint density at radius 2 is 1.43 bits per heavy atom. The standard InChI is InChI=1S/C22H25Cl3N2O2.ClH/c1-21(2,3)16-12-10-15(11-13-16)19(28)14-22(4,5)27(25)26(24)20(29)17-8-6-7-9-18(17)23;/h6-13H,14H2,1-5H3;1H. The van der Waals surface area contributed by atoms with Gasteiger partial charge in [0.05, 0.1) is 16.1 Å². The molecule has 0 saturated carbocycles. The lowest BCUT2D eigenvalue weighted by atomic mass is 9.86. The second-order valence-corrected chi connectivity index (χ2v) is 9.59. The van der Waals surface area contributed by atoms with Crippen molar-refractivity contribution in [3.05, 3.63) is 70.2 Å². The van der Waals surface area contributed by atoms with Gasteiger partial charge in [-0.05, 0) is 37.0 Å². The molecule has 0 N–H and O–H groups in total. The summed E-state index contributed by atoms with van der Waals surface area (Å²) in [6, 6.07) is 14.1. The van der Waals surface area contributed by atoms with E-state index in [1.807, 2.05) is 24.3 Å². The summed E-state index contributed by atoms with van der Waals surface area (Å²) in [5.41, 5.74) is 1.01. The van der Waals surface area contributed by atoms with Crippen LogP contribution >= 0.6 is 47.6 Å². The van der Waals surface area contributed by atoms with Gasteiger partial charge in [0.2, 0.25) is 0 Å². The van der Waals surface area contributed by atoms with E-state index in [1.165, 1.54) is 0 Å². The van der Waals surface area contributed by atoms with Crippen LogP contribution in [0.3, 0.4) is 0 Å². The van der Waals surface area contributed by atoms with Gasteiger partial charge in [-0.25, -0.2) is 0 Å². The van der Waals surface area contributed by atoms with Crippen molar-refractivity contribution >= 4 is 59.3 Å². The van der Waals surface area contributed by atoms with Crippen LogP contribution in [0.2, 0.25) is 5.02 Å². The van der Waals surface area contributed by atoms with E-state index < -0.39 is 11.4 Å². The Balaban J connectivity index is 0.00000450. The maximum Gasteiger partial charge on any atom is 0.285 e. The number of hydrogen-bond donors (Lipinski definition) is 0. The molecular weight excluding hydrogens is 466 g/mol. The molecule has 0 saturated heterocycles. The number of carbonyl (C=O) groups excluding carboxylic acids is 2. The van der Waals surface area contributed by atoms with Gasteiger partial charge in [-0.1, -0.05) is 68.8 Å². The average molecular weight is 492 g/mol. The molecule has 2 aromatic carbocycles. The SMILES string of the molecule is CC(C)(C)c1ccc(C(=O)CC(C)(C)N(Cl)N(Cl)C(=O)c2ccccc2Cl)cc1.Cl. The maximum atomic E-state index is 12.8. The number of halogens is 4. The van der Waals surface area contributed by atoms with Crippen molar-refractivity contribution in [2.75, 3.05) is 0 Å². The van der Waals surface area contributed by atoms with Crippen LogP contribution in [-0.4, -0.2) is 26.3 Å². The first-order valence-electron chi connectivity index (χ1n) is 9.19. The third-order valence-corrected chi connectivity index (χ3v) is 5.91. The van der Waals surface area contributed by atoms with Crippen LogP contribution in [0, 0.1) is 0 Å². The smallest absolute Gasteiger partial charge is 0.285 e. The Bertz CT molecular complexity index is 893. The Morgan fingerprint density at radius 3 is 1.93 bits per heavy atom. The number of nitrogens with zero attached hydrogens (tertiary/aromatic N) is 2. The first-order chi connectivity index (χ1) is 13.3. The highest BCUT2D eigenvalue weighted by Gasteiger charge is 2.36. The second-order valence-electron chi connectivity index (χ2n) is 8.54.